The molecule has 0 unspecified atom stereocenters. The first kappa shape index (κ1) is 20.2. The summed E-state index contributed by atoms with van der Waals surface area (Å²) in [5.74, 6) is -0.873. The molecule has 7 nitrogen and oxygen atoms in total. The van der Waals surface area contributed by atoms with E-state index in [1.54, 1.807) is 42.5 Å². The minimum atomic E-state index is -4.24. The van der Waals surface area contributed by atoms with Crippen LogP contribution in [0.2, 0.25) is 0 Å². The van der Waals surface area contributed by atoms with Crippen LogP contribution in [0.5, 0.6) is 0 Å². The number of aryl methyl sites for hydroxylation is 1. The number of hydrogen-bond donors (Lipinski definition) is 0. The Hall–Kier alpha value is -3.52. The molecule has 0 fully saturated rings. The van der Waals surface area contributed by atoms with Crippen molar-refractivity contribution in [3.63, 3.8) is 0 Å². The van der Waals surface area contributed by atoms with Crippen LogP contribution in [0.4, 0.5) is 11.4 Å². The quantitative estimate of drug-likeness (QED) is 0.448. The molecule has 3 aromatic carbocycles. The zero-order valence-electron chi connectivity index (χ0n) is 15.6. The van der Waals surface area contributed by atoms with Crippen LogP contribution in [0, 0.1) is 10.1 Å². The van der Waals surface area contributed by atoms with Gasteiger partial charge in [-0.25, -0.2) is 8.42 Å². The molecule has 0 aliphatic rings. The highest BCUT2D eigenvalue weighted by atomic mass is 32.2. The zero-order valence-corrected chi connectivity index (χ0v) is 16.4. The minimum absolute atomic E-state index is 0.0571. The highest BCUT2D eigenvalue weighted by molar-refractivity contribution is 7.93. The van der Waals surface area contributed by atoms with Crippen LogP contribution in [-0.4, -0.2) is 19.2 Å². The van der Waals surface area contributed by atoms with Gasteiger partial charge in [0, 0.05) is 17.7 Å². The van der Waals surface area contributed by atoms with Gasteiger partial charge in [0.2, 0.25) is 0 Å². The van der Waals surface area contributed by atoms with Gasteiger partial charge in [-0.2, -0.15) is 4.31 Å². The molecule has 8 heteroatoms. The molecule has 0 aliphatic carbocycles. The zero-order chi connectivity index (χ0) is 21.0. The maximum absolute atomic E-state index is 13.3. The van der Waals surface area contributed by atoms with Gasteiger partial charge in [-0.3, -0.25) is 14.9 Å². The maximum Gasteiger partial charge on any atom is 0.272 e. The Labute approximate surface area is 168 Å². The molecule has 0 bridgehead atoms. The molecule has 0 saturated heterocycles. The van der Waals surface area contributed by atoms with E-state index in [2.05, 4.69) is 0 Å². The summed E-state index contributed by atoms with van der Waals surface area (Å²) in [5.41, 5.74) is 0.740. The van der Waals surface area contributed by atoms with Crippen LogP contribution in [0.1, 0.15) is 22.8 Å². The van der Waals surface area contributed by atoms with Gasteiger partial charge in [0.05, 0.1) is 15.5 Å². The van der Waals surface area contributed by atoms with Crippen LogP contribution in [0.15, 0.2) is 83.8 Å². The van der Waals surface area contributed by atoms with Gasteiger partial charge in [-0.1, -0.05) is 43.3 Å². The van der Waals surface area contributed by atoms with E-state index in [0.29, 0.717) is 4.31 Å². The first-order chi connectivity index (χ1) is 13.8. The second kappa shape index (κ2) is 8.24. The number of amides is 1. The molecule has 0 spiro atoms. The normalized spacial score (nSPS) is 11.1. The fourth-order valence-corrected chi connectivity index (χ4v) is 4.23. The molecule has 0 heterocycles. The number of nitrogens with zero attached hydrogens (tertiary/aromatic N) is 2. The molecule has 29 heavy (non-hydrogen) atoms. The van der Waals surface area contributed by atoms with Gasteiger partial charge >= 0.3 is 0 Å². The lowest BCUT2D eigenvalue weighted by atomic mass is 10.1. The Kier molecular flexibility index (Phi) is 5.74. The molecule has 0 atom stereocenters. The summed E-state index contributed by atoms with van der Waals surface area (Å²) in [7, 11) is -4.24. The van der Waals surface area contributed by atoms with E-state index in [0.717, 1.165) is 18.1 Å². The van der Waals surface area contributed by atoms with Crippen molar-refractivity contribution < 1.29 is 18.1 Å². The van der Waals surface area contributed by atoms with Crippen molar-refractivity contribution >= 4 is 27.3 Å². The Morgan fingerprint density at radius 3 is 2.21 bits per heavy atom. The van der Waals surface area contributed by atoms with E-state index in [1.165, 1.54) is 30.3 Å². The predicted molar refractivity (Wildman–Crippen MR) is 109 cm³/mol. The Morgan fingerprint density at radius 2 is 1.62 bits per heavy atom. The number of rotatable bonds is 6. The second-order valence-electron chi connectivity index (χ2n) is 6.22. The van der Waals surface area contributed by atoms with Crippen LogP contribution >= 0.6 is 0 Å². The molecule has 0 radical (unpaired) electrons. The van der Waals surface area contributed by atoms with E-state index in [1.807, 2.05) is 6.92 Å². The number of benzene rings is 3. The Balaban J connectivity index is 2.16. The van der Waals surface area contributed by atoms with E-state index >= 15 is 0 Å². The number of anilines is 1. The van der Waals surface area contributed by atoms with Crippen LogP contribution in [0.3, 0.4) is 0 Å². The molecule has 3 aromatic rings. The Morgan fingerprint density at radius 1 is 0.966 bits per heavy atom. The second-order valence-corrected chi connectivity index (χ2v) is 8.00. The van der Waals surface area contributed by atoms with Crippen molar-refractivity contribution in [2.75, 3.05) is 4.31 Å². The van der Waals surface area contributed by atoms with Crippen LogP contribution in [-0.2, 0) is 16.4 Å². The molecule has 1 amide bonds. The maximum atomic E-state index is 13.3. The summed E-state index contributed by atoms with van der Waals surface area (Å²) in [5, 5.41) is 11.1. The topological polar surface area (TPSA) is 97.6 Å². The van der Waals surface area contributed by atoms with Crippen LogP contribution in [0.25, 0.3) is 0 Å². The van der Waals surface area contributed by atoms with Crippen molar-refractivity contribution in [2.45, 2.75) is 18.2 Å². The smallest absolute Gasteiger partial charge is 0.268 e. The monoisotopic (exact) mass is 410 g/mol. The summed E-state index contributed by atoms with van der Waals surface area (Å²) < 4.78 is 27.3. The van der Waals surface area contributed by atoms with Crippen molar-refractivity contribution in [3.8, 4) is 0 Å². The number of hydrogen-bond acceptors (Lipinski definition) is 5. The molecular formula is C21H18N2O5S. The molecule has 0 saturated carbocycles. The van der Waals surface area contributed by atoms with Crippen molar-refractivity contribution in [3.05, 3.63) is 100 Å². The summed E-state index contributed by atoms with van der Waals surface area (Å²) >= 11 is 0. The summed E-state index contributed by atoms with van der Waals surface area (Å²) in [6.45, 7) is 1.96. The van der Waals surface area contributed by atoms with Crippen molar-refractivity contribution in [2.24, 2.45) is 0 Å². The number of non-ortho nitro benzene ring substituents is 1. The molecular weight excluding hydrogens is 392 g/mol. The highest BCUT2D eigenvalue weighted by Crippen LogP contribution is 2.27. The molecule has 0 N–H and O–H groups in total. The fourth-order valence-electron chi connectivity index (χ4n) is 2.80. The average Bonchev–Trinajstić information content (AvgIpc) is 2.75. The van der Waals surface area contributed by atoms with Gasteiger partial charge in [0.15, 0.2) is 0 Å². The number of carbonyl (C=O) groups excluding carboxylic acids is 1. The van der Waals surface area contributed by atoms with Crippen molar-refractivity contribution in [1.82, 2.24) is 0 Å². The molecule has 3 rings (SSSR count). The molecule has 148 valence electrons. The number of carbonyl (C=O) groups is 1. The number of sulfonamides is 1. The highest BCUT2D eigenvalue weighted by Gasteiger charge is 2.32. The van der Waals surface area contributed by atoms with E-state index in [4.69, 9.17) is 0 Å². The largest absolute Gasteiger partial charge is 0.272 e. The standard InChI is InChI=1S/C21H18N2O5S/c1-2-16-11-13-18(14-12-16)22(29(27,28)20-9-4-3-5-10-20)21(24)17-7-6-8-19(15-17)23(25)26/h3-15H,2H2,1H3. The Bertz CT molecular complexity index is 1140. The third kappa shape index (κ3) is 4.17. The van der Waals surface area contributed by atoms with Crippen LogP contribution < -0.4 is 4.31 Å². The minimum Gasteiger partial charge on any atom is -0.268 e. The first-order valence-electron chi connectivity index (χ1n) is 8.82. The number of nitro groups is 1. The summed E-state index contributed by atoms with van der Waals surface area (Å²) in [4.78, 5) is 23.6. The van der Waals surface area contributed by atoms with Crippen molar-refractivity contribution in [1.29, 1.82) is 0 Å². The van der Waals surface area contributed by atoms with Gasteiger partial charge in [-0.05, 0) is 42.3 Å². The lowest BCUT2D eigenvalue weighted by molar-refractivity contribution is -0.384. The van der Waals surface area contributed by atoms with E-state index in [-0.39, 0.29) is 21.8 Å². The van der Waals surface area contributed by atoms with Gasteiger partial charge in [0.1, 0.15) is 0 Å². The van der Waals surface area contributed by atoms with E-state index in [9.17, 15) is 23.3 Å². The summed E-state index contributed by atoms with van der Waals surface area (Å²) in [6.07, 6.45) is 0.755. The average molecular weight is 410 g/mol. The third-order valence-electron chi connectivity index (χ3n) is 4.35. The lowest BCUT2D eigenvalue weighted by Gasteiger charge is -2.23. The SMILES string of the molecule is CCc1ccc(N(C(=O)c2cccc([N+](=O)[O-])c2)S(=O)(=O)c2ccccc2)cc1. The third-order valence-corrected chi connectivity index (χ3v) is 6.07. The van der Waals surface area contributed by atoms with E-state index < -0.39 is 20.9 Å². The fraction of sp³-hybridized carbons (Fsp3) is 0.0952. The van der Waals surface area contributed by atoms with Gasteiger partial charge in [0.25, 0.3) is 21.6 Å². The lowest BCUT2D eigenvalue weighted by Crippen LogP contribution is -2.37. The molecule has 0 aliphatic heterocycles. The first-order valence-corrected chi connectivity index (χ1v) is 10.3. The van der Waals surface area contributed by atoms with Gasteiger partial charge in [-0.15, -0.1) is 0 Å². The molecule has 0 aromatic heterocycles. The van der Waals surface area contributed by atoms with Gasteiger partial charge < -0.3 is 0 Å². The predicted octanol–water partition coefficient (Wildman–Crippen LogP) is 4.19. The summed E-state index contributed by atoms with van der Waals surface area (Å²) in [6, 6.07) is 19.2. The number of nitro benzene ring substituents is 1.